The third kappa shape index (κ3) is 5.64. The molecule has 0 spiro atoms. The molecule has 0 saturated carbocycles. The molecule has 0 radical (unpaired) electrons. The number of ether oxygens (including phenoxy) is 1. The predicted molar refractivity (Wildman–Crippen MR) is 124 cm³/mol. The summed E-state index contributed by atoms with van der Waals surface area (Å²) in [6, 6.07) is 16.6. The van der Waals surface area contributed by atoms with Crippen molar-refractivity contribution in [1.29, 1.82) is 0 Å². The van der Waals surface area contributed by atoms with E-state index in [2.05, 4.69) is 13.8 Å². The van der Waals surface area contributed by atoms with E-state index < -0.39 is 11.7 Å². The second-order valence-corrected chi connectivity index (χ2v) is 8.62. The molecule has 0 saturated heterocycles. The summed E-state index contributed by atoms with van der Waals surface area (Å²) in [7, 11) is 1.56. The molecular formula is C26H27ClF3NO. The third-order valence-electron chi connectivity index (χ3n) is 5.64. The fourth-order valence-electron chi connectivity index (χ4n) is 3.72. The lowest BCUT2D eigenvalue weighted by Crippen LogP contribution is -2.12. The van der Waals surface area contributed by atoms with Crippen LogP contribution in [0.1, 0.15) is 54.5 Å². The summed E-state index contributed by atoms with van der Waals surface area (Å²) in [6.07, 6.45) is -3.55. The van der Waals surface area contributed by atoms with E-state index in [1.54, 1.807) is 19.2 Å². The second kappa shape index (κ2) is 9.97. The molecule has 0 heterocycles. The molecule has 1 unspecified atom stereocenters. The van der Waals surface area contributed by atoms with Gasteiger partial charge in [-0.1, -0.05) is 49.7 Å². The topological polar surface area (TPSA) is 35.2 Å². The first-order chi connectivity index (χ1) is 15.1. The molecule has 0 aliphatic rings. The lowest BCUT2D eigenvalue weighted by atomic mass is 9.90. The lowest BCUT2D eigenvalue weighted by Gasteiger charge is -2.19. The van der Waals surface area contributed by atoms with Gasteiger partial charge in [0.1, 0.15) is 5.75 Å². The standard InChI is InChI=1S/C26H27ClF3NO/c1-16(2)18-7-13-25(32-3)23(15-18)22-11-8-20(26(28,29)30)14-19(22)6-12-24(31)17-4-9-21(27)10-5-17/h4-5,7-11,13-16,24H,6,12,31H2,1-3H3. The molecule has 0 fully saturated rings. The SMILES string of the molecule is COc1ccc(C(C)C)cc1-c1ccc(C(F)(F)F)cc1CCC(N)c1ccc(Cl)cc1. The van der Waals surface area contributed by atoms with Crippen LogP contribution in [0.15, 0.2) is 60.7 Å². The fraction of sp³-hybridized carbons (Fsp3) is 0.308. The quantitative estimate of drug-likeness (QED) is 0.389. The van der Waals surface area contributed by atoms with E-state index in [4.69, 9.17) is 22.1 Å². The van der Waals surface area contributed by atoms with Crippen molar-refractivity contribution >= 4 is 11.6 Å². The average molecular weight is 462 g/mol. The summed E-state index contributed by atoms with van der Waals surface area (Å²) in [5.41, 5.74) is 9.73. The maximum atomic E-state index is 13.5. The minimum atomic E-state index is -4.42. The Morgan fingerprint density at radius 3 is 2.16 bits per heavy atom. The van der Waals surface area contributed by atoms with E-state index in [1.165, 1.54) is 12.1 Å². The zero-order valence-electron chi connectivity index (χ0n) is 18.3. The number of aryl methyl sites for hydroxylation is 1. The number of halogens is 4. The molecule has 6 heteroatoms. The Balaban J connectivity index is 2.02. The Labute approximate surface area is 192 Å². The van der Waals surface area contributed by atoms with Gasteiger partial charge < -0.3 is 10.5 Å². The molecule has 0 aliphatic heterocycles. The zero-order valence-corrected chi connectivity index (χ0v) is 19.1. The van der Waals surface area contributed by atoms with Gasteiger partial charge in [0.25, 0.3) is 0 Å². The molecule has 2 N–H and O–H groups in total. The Morgan fingerprint density at radius 2 is 1.56 bits per heavy atom. The van der Waals surface area contributed by atoms with Gasteiger partial charge in [-0.3, -0.25) is 0 Å². The van der Waals surface area contributed by atoms with Crippen molar-refractivity contribution < 1.29 is 17.9 Å². The first kappa shape index (κ1) is 24.1. The number of hydrogen-bond donors (Lipinski definition) is 1. The molecule has 0 amide bonds. The molecule has 0 bridgehead atoms. The van der Waals surface area contributed by atoms with Crippen molar-refractivity contribution in [3.05, 3.63) is 87.9 Å². The van der Waals surface area contributed by atoms with Gasteiger partial charge in [0.05, 0.1) is 12.7 Å². The number of alkyl halides is 3. The Bertz CT molecular complexity index is 1060. The highest BCUT2D eigenvalue weighted by Gasteiger charge is 2.31. The van der Waals surface area contributed by atoms with Gasteiger partial charge in [-0.05, 0) is 77.4 Å². The fourth-order valence-corrected chi connectivity index (χ4v) is 3.85. The van der Waals surface area contributed by atoms with Crippen LogP contribution in [0.25, 0.3) is 11.1 Å². The highest BCUT2D eigenvalue weighted by Crippen LogP contribution is 2.39. The third-order valence-corrected chi connectivity index (χ3v) is 5.89. The van der Waals surface area contributed by atoms with Crippen molar-refractivity contribution in [2.45, 2.75) is 44.8 Å². The zero-order chi connectivity index (χ0) is 23.5. The van der Waals surface area contributed by atoms with Gasteiger partial charge in [0.2, 0.25) is 0 Å². The summed E-state index contributed by atoms with van der Waals surface area (Å²) in [4.78, 5) is 0. The van der Waals surface area contributed by atoms with Crippen molar-refractivity contribution in [1.82, 2.24) is 0 Å². The minimum absolute atomic E-state index is 0.274. The van der Waals surface area contributed by atoms with Gasteiger partial charge in [0.15, 0.2) is 0 Å². The first-order valence-corrected chi connectivity index (χ1v) is 10.9. The molecular weight excluding hydrogens is 435 g/mol. The lowest BCUT2D eigenvalue weighted by molar-refractivity contribution is -0.137. The number of nitrogens with two attached hydrogens (primary N) is 1. The van der Waals surface area contributed by atoms with Crippen molar-refractivity contribution in [2.75, 3.05) is 7.11 Å². The van der Waals surface area contributed by atoms with Crippen LogP contribution in [0.3, 0.4) is 0 Å². The van der Waals surface area contributed by atoms with Crippen LogP contribution >= 0.6 is 11.6 Å². The molecule has 3 aromatic carbocycles. The Hall–Kier alpha value is -2.50. The first-order valence-electron chi connectivity index (χ1n) is 10.5. The normalized spacial score (nSPS) is 12.8. The molecule has 2 nitrogen and oxygen atoms in total. The maximum absolute atomic E-state index is 13.5. The molecule has 3 aromatic rings. The van der Waals surface area contributed by atoms with Crippen molar-refractivity contribution in [3.63, 3.8) is 0 Å². The summed E-state index contributed by atoms with van der Waals surface area (Å²) in [5.74, 6) is 0.897. The van der Waals surface area contributed by atoms with Gasteiger partial charge in [-0.2, -0.15) is 13.2 Å². The van der Waals surface area contributed by atoms with E-state index in [0.717, 1.165) is 28.3 Å². The average Bonchev–Trinajstić information content (AvgIpc) is 2.76. The molecule has 3 rings (SSSR count). The van der Waals surface area contributed by atoms with Crippen LogP contribution in [0.2, 0.25) is 5.02 Å². The largest absolute Gasteiger partial charge is 0.496 e. The summed E-state index contributed by atoms with van der Waals surface area (Å²) in [5, 5.41) is 0.609. The molecule has 170 valence electrons. The van der Waals surface area contributed by atoms with E-state index >= 15 is 0 Å². The highest BCUT2D eigenvalue weighted by molar-refractivity contribution is 6.30. The minimum Gasteiger partial charge on any atom is -0.496 e. The van der Waals surface area contributed by atoms with Gasteiger partial charge >= 0.3 is 6.18 Å². The Kier molecular flexibility index (Phi) is 7.52. The van der Waals surface area contributed by atoms with E-state index in [1.807, 2.05) is 30.3 Å². The molecule has 0 aromatic heterocycles. The number of hydrogen-bond acceptors (Lipinski definition) is 2. The van der Waals surface area contributed by atoms with Crippen LogP contribution in [0, 0.1) is 0 Å². The summed E-state index contributed by atoms with van der Waals surface area (Å²) >= 11 is 5.94. The van der Waals surface area contributed by atoms with Gasteiger partial charge in [-0.15, -0.1) is 0 Å². The number of rotatable bonds is 7. The van der Waals surface area contributed by atoms with Gasteiger partial charge in [-0.25, -0.2) is 0 Å². The van der Waals surface area contributed by atoms with E-state index in [0.29, 0.717) is 29.2 Å². The monoisotopic (exact) mass is 461 g/mol. The Morgan fingerprint density at radius 1 is 0.906 bits per heavy atom. The molecule has 32 heavy (non-hydrogen) atoms. The van der Waals surface area contributed by atoms with Crippen LogP contribution in [0.5, 0.6) is 5.75 Å². The number of methoxy groups -OCH3 is 1. The highest BCUT2D eigenvalue weighted by atomic mass is 35.5. The molecule has 0 aliphatic carbocycles. The van der Waals surface area contributed by atoms with Crippen LogP contribution in [-0.4, -0.2) is 7.11 Å². The smallest absolute Gasteiger partial charge is 0.416 e. The van der Waals surface area contributed by atoms with Crippen molar-refractivity contribution in [3.8, 4) is 16.9 Å². The predicted octanol–water partition coefficient (Wildman–Crippen LogP) is 7.79. The molecule has 1 atom stereocenters. The van der Waals surface area contributed by atoms with Crippen molar-refractivity contribution in [2.24, 2.45) is 5.73 Å². The van der Waals surface area contributed by atoms with Crippen LogP contribution in [0.4, 0.5) is 13.2 Å². The summed E-state index contributed by atoms with van der Waals surface area (Å²) < 4.78 is 45.9. The number of benzene rings is 3. The second-order valence-electron chi connectivity index (χ2n) is 8.18. The summed E-state index contributed by atoms with van der Waals surface area (Å²) in [6.45, 7) is 4.15. The maximum Gasteiger partial charge on any atom is 0.416 e. The van der Waals surface area contributed by atoms with E-state index in [-0.39, 0.29) is 12.0 Å². The van der Waals surface area contributed by atoms with E-state index in [9.17, 15) is 13.2 Å². The van der Waals surface area contributed by atoms with Crippen LogP contribution in [-0.2, 0) is 12.6 Å². The van der Waals surface area contributed by atoms with Crippen LogP contribution < -0.4 is 10.5 Å². The van der Waals surface area contributed by atoms with Gasteiger partial charge in [0, 0.05) is 16.6 Å².